The monoisotopic (exact) mass is 331 g/mol. The molecule has 2 aromatic rings. The number of aryl methyl sites for hydroxylation is 2. The number of rotatable bonds is 3. The van der Waals surface area contributed by atoms with Gasteiger partial charge in [0.1, 0.15) is 0 Å². The molecule has 0 bridgehead atoms. The number of anilines is 1. The Labute approximate surface area is 138 Å². The molecule has 0 aliphatic carbocycles. The molecule has 120 valence electrons. The quantitative estimate of drug-likeness (QED) is 0.861. The number of benzene rings is 1. The van der Waals surface area contributed by atoms with Crippen molar-refractivity contribution in [1.29, 1.82) is 0 Å². The van der Waals surface area contributed by atoms with Gasteiger partial charge in [0.2, 0.25) is 11.8 Å². The Hall–Kier alpha value is -2.15. The van der Waals surface area contributed by atoms with E-state index in [0.29, 0.717) is 18.9 Å². The number of hydrogen-bond donors (Lipinski definition) is 0. The van der Waals surface area contributed by atoms with E-state index in [2.05, 4.69) is 10.2 Å². The van der Waals surface area contributed by atoms with Gasteiger partial charge in [-0.15, -0.1) is 5.10 Å². The van der Waals surface area contributed by atoms with Crippen LogP contribution in [0.5, 0.6) is 0 Å². The van der Waals surface area contributed by atoms with Gasteiger partial charge < -0.3 is 4.42 Å². The van der Waals surface area contributed by atoms with Crippen LogP contribution in [0.3, 0.4) is 0 Å². The van der Waals surface area contributed by atoms with Crippen molar-refractivity contribution < 1.29 is 14.0 Å². The molecule has 1 aromatic carbocycles. The minimum Gasteiger partial charge on any atom is -0.403 e. The molecule has 1 unspecified atom stereocenters. The van der Waals surface area contributed by atoms with E-state index in [1.54, 1.807) is 0 Å². The first-order valence-electron chi connectivity index (χ1n) is 7.33. The summed E-state index contributed by atoms with van der Waals surface area (Å²) in [4.78, 5) is 24.7. The van der Waals surface area contributed by atoms with Gasteiger partial charge in [0.25, 0.3) is 0 Å². The zero-order valence-corrected chi connectivity index (χ0v) is 14.0. The summed E-state index contributed by atoms with van der Waals surface area (Å²) in [5.41, 5.74) is 3.05. The summed E-state index contributed by atoms with van der Waals surface area (Å²) in [6.07, 6.45) is 0.311. The highest BCUT2D eigenvalue weighted by Crippen LogP contribution is 2.30. The largest absolute Gasteiger partial charge is 0.403 e. The van der Waals surface area contributed by atoms with Gasteiger partial charge in [-0.1, -0.05) is 34.6 Å². The molecule has 1 saturated heterocycles. The Balaban J connectivity index is 1.82. The number of thioether (sulfide) groups is 1. The lowest BCUT2D eigenvalue weighted by molar-refractivity contribution is -0.117. The molecule has 1 atom stereocenters. The van der Waals surface area contributed by atoms with Crippen molar-refractivity contribution in [2.24, 2.45) is 0 Å². The normalized spacial score (nSPS) is 17.8. The van der Waals surface area contributed by atoms with Crippen LogP contribution in [0.15, 0.2) is 22.6 Å². The van der Waals surface area contributed by atoms with E-state index in [4.69, 9.17) is 4.42 Å². The number of carbonyl (C=O) groups excluding carboxylic acids is 2. The molecule has 0 spiro atoms. The van der Waals surface area contributed by atoms with Crippen molar-refractivity contribution in [3.8, 4) is 11.5 Å². The van der Waals surface area contributed by atoms with Crippen LogP contribution in [0.4, 0.5) is 6.01 Å². The van der Waals surface area contributed by atoms with Crippen molar-refractivity contribution in [3.63, 3.8) is 0 Å². The lowest BCUT2D eigenvalue weighted by atomic mass is 10.1. The molecule has 1 aromatic heterocycles. The lowest BCUT2D eigenvalue weighted by Crippen LogP contribution is -2.25. The SMILES string of the molecule is CC(=O)SC1CC(=O)N(c2nnc(-c3ccc(C)cc3C)o2)C1. The van der Waals surface area contributed by atoms with Gasteiger partial charge in [-0.3, -0.25) is 14.5 Å². The number of nitrogens with zero attached hydrogens (tertiary/aromatic N) is 3. The average molecular weight is 331 g/mol. The topological polar surface area (TPSA) is 76.3 Å². The van der Waals surface area contributed by atoms with Crippen molar-refractivity contribution in [2.45, 2.75) is 32.4 Å². The first-order chi connectivity index (χ1) is 10.9. The van der Waals surface area contributed by atoms with Gasteiger partial charge in [0.05, 0.1) is 0 Å². The van der Waals surface area contributed by atoms with Gasteiger partial charge in [0.15, 0.2) is 5.12 Å². The Bertz CT molecular complexity index is 772. The fourth-order valence-corrected chi connectivity index (χ4v) is 3.58. The van der Waals surface area contributed by atoms with E-state index >= 15 is 0 Å². The molecule has 23 heavy (non-hydrogen) atoms. The molecule has 3 rings (SSSR count). The molecule has 0 N–H and O–H groups in total. The van der Waals surface area contributed by atoms with Gasteiger partial charge in [-0.05, 0) is 25.5 Å². The maximum absolute atomic E-state index is 12.1. The summed E-state index contributed by atoms with van der Waals surface area (Å²) in [6.45, 7) is 5.92. The van der Waals surface area contributed by atoms with Crippen LogP contribution in [0, 0.1) is 13.8 Å². The van der Waals surface area contributed by atoms with Crippen molar-refractivity contribution in [1.82, 2.24) is 10.2 Å². The maximum atomic E-state index is 12.1. The van der Waals surface area contributed by atoms with Crippen LogP contribution in [0.25, 0.3) is 11.5 Å². The van der Waals surface area contributed by atoms with Crippen molar-refractivity contribution in [2.75, 3.05) is 11.4 Å². The summed E-state index contributed by atoms with van der Waals surface area (Å²) in [5, 5.41) is 8.00. The molecule has 0 saturated carbocycles. The fraction of sp³-hybridized carbons (Fsp3) is 0.375. The van der Waals surface area contributed by atoms with Gasteiger partial charge in [-0.25, -0.2) is 0 Å². The number of amides is 1. The van der Waals surface area contributed by atoms with Crippen LogP contribution in [-0.2, 0) is 9.59 Å². The predicted octanol–water partition coefficient (Wildman–Crippen LogP) is 2.74. The predicted molar refractivity (Wildman–Crippen MR) is 88.2 cm³/mol. The molecule has 1 amide bonds. The number of aromatic nitrogens is 2. The zero-order valence-electron chi connectivity index (χ0n) is 13.2. The standard InChI is InChI=1S/C16H17N3O3S/c1-9-4-5-13(10(2)6-9)15-17-18-16(22-15)19-8-12(7-14(19)21)23-11(3)20/h4-6,12H,7-8H2,1-3H3. The summed E-state index contributed by atoms with van der Waals surface area (Å²) in [5.74, 6) is 0.299. The lowest BCUT2D eigenvalue weighted by Gasteiger charge is -2.10. The minimum absolute atomic E-state index is 0.00569. The number of carbonyl (C=O) groups is 2. The molecule has 7 heteroatoms. The van der Waals surface area contributed by atoms with Gasteiger partial charge in [-0.2, -0.15) is 0 Å². The summed E-state index contributed by atoms with van der Waals surface area (Å²) < 4.78 is 5.69. The molecule has 1 aliphatic rings. The summed E-state index contributed by atoms with van der Waals surface area (Å²) in [6, 6.07) is 6.14. The van der Waals surface area contributed by atoms with Crippen LogP contribution in [0.2, 0.25) is 0 Å². The molecule has 6 nitrogen and oxygen atoms in total. The third-order valence-electron chi connectivity index (χ3n) is 3.68. The third-order valence-corrected chi connectivity index (χ3v) is 4.66. The highest BCUT2D eigenvalue weighted by molar-refractivity contribution is 8.14. The Kier molecular flexibility index (Phi) is 4.21. The second-order valence-electron chi connectivity index (χ2n) is 5.65. The van der Waals surface area contributed by atoms with E-state index in [1.807, 2.05) is 32.0 Å². The van der Waals surface area contributed by atoms with Crippen LogP contribution in [0.1, 0.15) is 24.5 Å². The Morgan fingerprint density at radius 2 is 2.13 bits per heavy atom. The molecular formula is C16H17N3O3S. The second-order valence-corrected chi connectivity index (χ2v) is 7.13. The van der Waals surface area contributed by atoms with E-state index < -0.39 is 0 Å². The first kappa shape index (κ1) is 15.7. The minimum atomic E-state index is -0.0976. The maximum Gasteiger partial charge on any atom is 0.325 e. The van der Waals surface area contributed by atoms with Crippen LogP contribution >= 0.6 is 11.8 Å². The number of hydrogen-bond acceptors (Lipinski definition) is 6. The first-order valence-corrected chi connectivity index (χ1v) is 8.20. The van der Waals surface area contributed by atoms with Crippen molar-refractivity contribution >= 4 is 28.8 Å². The van der Waals surface area contributed by atoms with Gasteiger partial charge >= 0.3 is 6.01 Å². The smallest absolute Gasteiger partial charge is 0.325 e. The molecule has 2 heterocycles. The zero-order chi connectivity index (χ0) is 16.6. The second kappa shape index (κ2) is 6.16. The van der Waals surface area contributed by atoms with E-state index in [-0.39, 0.29) is 22.3 Å². The summed E-state index contributed by atoms with van der Waals surface area (Å²) >= 11 is 1.18. The average Bonchev–Trinajstić information content (AvgIpc) is 3.05. The van der Waals surface area contributed by atoms with Crippen molar-refractivity contribution in [3.05, 3.63) is 29.3 Å². The highest BCUT2D eigenvalue weighted by Gasteiger charge is 2.35. The van der Waals surface area contributed by atoms with Gasteiger partial charge in [0, 0.05) is 30.7 Å². The van der Waals surface area contributed by atoms with E-state index in [1.165, 1.54) is 23.6 Å². The van der Waals surface area contributed by atoms with E-state index in [9.17, 15) is 9.59 Å². The fourth-order valence-electron chi connectivity index (χ4n) is 2.66. The molecular weight excluding hydrogens is 314 g/mol. The highest BCUT2D eigenvalue weighted by atomic mass is 32.2. The molecule has 1 aliphatic heterocycles. The molecule has 0 radical (unpaired) electrons. The third kappa shape index (κ3) is 3.29. The Morgan fingerprint density at radius 3 is 2.83 bits per heavy atom. The van der Waals surface area contributed by atoms with Crippen LogP contribution in [-0.4, -0.2) is 33.0 Å². The van der Waals surface area contributed by atoms with Crippen LogP contribution < -0.4 is 4.90 Å². The van der Waals surface area contributed by atoms with E-state index in [0.717, 1.165) is 16.7 Å². The summed E-state index contributed by atoms with van der Waals surface area (Å²) in [7, 11) is 0. The molecule has 1 fully saturated rings. The Morgan fingerprint density at radius 1 is 1.35 bits per heavy atom.